The summed E-state index contributed by atoms with van der Waals surface area (Å²) in [6, 6.07) is 10.2. The number of hydrogen-bond acceptors (Lipinski definition) is 4. The number of aliphatic hydroxyl groups is 1. The van der Waals surface area contributed by atoms with Crippen LogP contribution < -0.4 is 5.32 Å². The zero-order chi connectivity index (χ0) is 15.6. The van der Waals surface area contributed by atoms with Crippen LogP contribution in [0.15, 0.2) is 30.3 Å². The molecule has 1 aromatic heterocycles. The maximum Gasteiger partial charge on any atom is 0.117 e. The van der Waals surface area contributed by atoms with Crippen molar-refractivity contribution in [2.24, 2.45) is 0 Å². The highest BCUT2D eigenvalue weighted by Gasteiger charge is 2.12. The molecule has 0 saturated carbocycles. The molecule has 1 aromatic carbocycles. The Labute approximate surface area is 132 Å². The van der Waals surface area contributed by atoms with Gasteiger partial charge in [-0.3, -0.25) is 0 Å². The number of aryl methyl sites for hydroxylation is 1. The standard InChI is InChI=1S/C17H26N4O/c1-2-12-21-19-16(14-18-11-7-4-8-13-22)17(20-21)15-9-5-3-6-10-15/h3,5-6,9-10,18,22H,2,4,7-8,11-14H2,1H3. The maximum atomic E-state index is 8.78. The van der Waals surface area contributed by atoms with Crippen LogP contribution in [0.5, 0.6) is 0 Å². The molecule has 0 amide bonds. The van der Waals surface area contributed by atoms with Gasteiger partial charge in [0.25, 0.3) is 0 Å². The van der Waals surface area contributed by atoms with Crippen molar-refractivity contribution in [2.75, 3.05) is 13.2 Å². The molecule has 0 atom stereocenters. The van der Waals surface area contributed by atoms with Gasteiger partial charge in [0.1, 0.15) is 11.4 Å². The zero-order valence-electron chi connectivity index (χ0n) is 13.3. The molecular formula is C17H26N4O. The van der Waals surface area contributed by atoms with Crippen molar-refractivity contribution >= 4 is 0 Å². The van der Waals surface area contributed by atoms with Crippen LogP contribution in [-0.4, -0.2) is 33.3 Å². The number of unbranched alkanes of at least 4 members (excludes halogenated alkanes) is 2. The van der Waals surface area contributed by atoms with Crippen LogP contribution in [0.2, 0.25) is 0 Å². The van der Waals surface area contributed by atoms with Crippen LogP contribution >= 0.6 is 0 Å². The third-order valence-electron chi connectivity index (χ3n) is 3.50. The smallest absolute Gasteiger partial charge is 0.117 e. The van der Waals surface area contributed by atoms with Gasteiger partial charge in [-0.15, -0.1) is 0 Å². The van der Waals surface area contributed by atoms with Gasteiger partial charge in [-0.05, 0) is 32.2 Å². The van der Waals surface area contributed by atoms with Gasteiger partial charge in [0.05, 0.1) is 6.54 Å². The summed E-state index contributed by atoms with van der Waals surface area (Å²) in [6.45, 7) is 4.92. The second-order valence-electron chi connectivity index (χ2n) is 5.42. The second kappa shape index (κ2) is 9.33. The van der Waals surface area contributed by atoms with E-state index < -0.39 is 0 Å². The fourth-order valence-corrected chi connectivity index (χ4v) is 2.37. The Balaban J connectivity index is 1.99. The van der Waals surface area contributed by atoms with E-state index in [2.05, 4.69) is 34.6 Å². The first-order valence-electron chi connectivity index (χ1n) is 8.16. The number of rotatable bonds is 10. The normalized spacial score (nSPS) is 11.0. The van der Waals surface area contributed by atoms with Crippen molar-refractivity contribution in [1.29, 1.82) is 0 Å². The summed E-state index contributed by atoms with van der Waals surface area (Å²) < 4.78 is 0. The molecule has 0 saturated heterocycles. The number of benzene rings is 1. The summed E-state index contributed by atoms with van der Waals surface area (Å²) >= 11 is 0. The highest BCUT2D eigenvalue weighted by molar-refractivity contribution is 5.60. The van der Waals surface area contributed by atoms with E-state index in [1.165, 1.54) is 0 Å². The van der Waals surface area contributed by atoms with Crippen LogP contribution in [0.3, 0.4) is 0 Å². The van der Waals surface area contributed by atoms with Crippen LogP contribution in [0.1, 0.15) is 38.3 Å². The summed E-state index contributed by atoms with van der Waals surface area (Å²) in [7, 11) is 0. The molecular weight excluding hydrogens is 276 g/mol. The van der Waals surface area contributed by atoms with E-state index in [9.17, 15) is 0 Å². The minimum atomic E-state index is 0.281. The first kappa shape index (κ1) is 16.6. The van der Waals surface area contributed by atoms with E-state index in [0.717, 1.165) is 62.3 Å². The van der Waals surface area contributed by atoms with Crippen molar-refractivity contribution in [3.63, 3.8) is 0 Å². The Kier molecular flexibility index (Phi) is 7.06. The first-order chi connectivity index (χ1) is 10.8. The Morgan fingerprint density at radius 3 is 2.64 bits per heavy atom. The molecule has 2 N–H and O–H groups in total. The van der Waals surface area contributed by atoms with Crippen molar-refractivity contribution < 1.29 is 5.11 Å². The van der Waals surface area contributed by atoms with Crippen molar-refractivity contribution in [2.45, 2.75) is 45.7 Å². The SMILES string of the molecule is CCCn1nc(CNCCCCCO)c(-c2ccccc2)n1. The Morgan fingerprint density at radius 1 is 1.09 bits per heavy atom. The molecule has 22 heavy (non-hydrogen) atoms. The van der Waals surface area contributed by atoms with E-state index >= 15 is 0 Å². The van der Waals surface area contributed by atoms with Crippen molar-refractivity contribution in [3.8, 4) is 11.3 Å². The van der Waals surface area contributed by atoms with Gasteiger partial charge in [0, 0.05) is 18.7 Å². The minimum absolute atomic E-state index is 0.281. The Hall–Kier alpha value is -1.72. The van der Waals surface area contributed by atoms with Gasteiger partial charge >= 0.3 is 0 Å². The van der Waals surface area contributed by atoms with E-state index in [0.29, 0.717) is 0 Å². The van der Waals surface area contributed by atoms with E-state index in [1.807, 2.05) is 18.2 Å². The fourth-order valence-electron chi connectivity index (χ4n) is 2.37. The molecule has 0 bridgehead atoms. The lowest BCUT2D eigenvalue weighted by Gasteiger charge is -2.04. The Bertz CT molecular complexity index is 539. The maximum absolute atomic E-state index is 8.78. The molecule has 0 aliphatic carbocycles. The van der Waals surface area contributed by atoms with Gasteiger partial charge in [-0.1, -0.05) is 37.3 Å². The van der Waals surface area contributed by atoms with Gasteiger partial charge < -0.3 is 10.4 Å². The third-order valence-corrected chi connectivity index (χ3v) is 3.50. The van der Waals surface area contributed by atoms with Crippen LogP contribution in [-0.2, 0) is 13.1 Å². The molecule has 0 spiro atoms. The molecule has 0 radical (unpaired) electrons. The second-order valence-corrected chi connectivity index (χ2v) is 5.42. The highest BCUT2D eigenvalue weighted by Crippen LogP contribution is 2.19. The summed E-state index contributed by atoms with van der Waals surface area (Å²) in [4.78, 5) is 1.80. The monoisotopic (exact) mass is 302 g/mol. The van der Waals surface area contributed by atoms with E-state index in [4.69, 9.17) is 5.11 Å². The first-order valence-corrected chi connectivity index (χ1v) is 8.16. The van der Waals surface area contributed by atoms with Gasteiger partial charge in [-0.25, -0.2) is 0 Å². The molecule has 0 unspecified atom stereocenters. The number of nitrogens with zero attached hydrogens (tertiary/aromatic N) is 3. The summed E-state index contributed by atoms with van der Waals surface area (Å²) in [5, 5.41) is 21.4. The number of hydrogen-bond donors (Lipinski definition) is 2. The summed E-state index contributed by atoms with van der Waals surface area (Å²) in [5.74, 6) is 0. The molecule has 0 aliphatic rings. The van der Waals surface area contributed by atoms with E-state index in [1.54, 1.807) is 4.80 Å². The highest BCUT2D eigenvalue weighted by atomic mass is 16.2. The molecule has 0 aliphatic heterocycles. The molecule has 5 nitrogen and oxygen atoms in total. The van der Waals surface area contributed by atoms with Crippen molar-refractivity contribution in [3.05, 3.63) is 36.0 Å². The zero-order valence-corrected chi connectivity index (χ0v) is 13.3. The predicted molar refractivity (Wildman–Crippen MR) is 88.4 cm³/mol. The van der Waals surface area contributed by atoms with E-state index in [-0.39, 0.29) is 6.61 Å². The summed E-state index contributed by atoms with van der Waals surface area (Å²) in [6.07, 6.45) is 4.03. The largest absolute Gasteiger partial charge is 0.396 e. The fraction of sp³-hybridized carbons (Fsp3) is 0.529. The molecule has 0 fully saturated rings. The lowest BCUT2D eigenvalue weighted by atomic mass is 10.1. The van der Waals surface area contributed by atoms with Crippen LogP contribution in [0.4, 0.5) is 0 Å². The van der Waals surface area contributed by atoms with Crippen molar-refractivity contribution in [1.82, 2.24) is 20.3 Å². The molecule has 120 valence electrons. The lowest BCUT2D eigenvalue weighted by Crippen LogP contribution is -2.16. The summed E-state index contributed by atoms with van der Waals surface area (Å²) in [5.41, 5.74) is 3.08. The number of nitrogens with one attached hydrogen (secondary N) is 1. The topological polar surface area (TPSA) is 63.0 Å². The van der Waals surface area contributed by atoms with Gasteiger partial charge in [0.2, 0.25) is 0 Å². The lowest BCUT2D eigenvalue weighted by molar-refractivity contribution is 0.283. The molecule has 1 heterocycles. The third kappa shape index (κ3) is 4.93. The average Bonchev–Trinajstić information content (AvgIpc) is 2.95. The quantitative estimate of drug-likeness (QED) is 0.662. The minimum Gasteiger partial charge on any atom is -0.396 e. The predicted octanol–water partition coefficient (Wildman–Crippen LogP) is 2.61. The molecule has 5 heteroatoms. The Morgan fingerprint density at radius 2 is 1.91 bits per heavy atom. The van der Waals surface area contributed by atoms with Gasteiger partial charge in [0.15, 0.2) is 0 Å². The number of aliphatic hydroxyl groups excluding tert-OH is 1. The van der Waals surface area contributed by atoms with Crippen LogP contribution in [0, 0.1) is 0 Å². The molecule has 2 aromatic rings. The average molecular weight is 302 g/mol. The van der Waals surface area contributed by atoms with Gasteiger partial charge in [-0.2, -0.15) is 15.0 Å². The molecule has 2 rings (SSSR count). The number of aromatic nitrogens is 3. The van der Waals surface area contributed by atoms with Crippen LogP contribution in [0.25, 0.3) is 11.3 Å².